The maximum absolute atomic E-state index is 13.3. The lowest BCUT2D eigenvalue weighted by Gasteiger charge is -2.24. The first-order valence-electron chi connectivity index (χ1n) is 11.5. The van der Waals surface area contributed by atoms with E-state index >= 15 is 0 Å². The molecule has 0 atom stereocenters. The minimum Gasteiger partial charge on any atom is -0.282 e. The Kier molecular flexibility index (Phi) is 11.9. The van der Waals surface area contributed by atoms with Crippen LogP contribution in [-0.2, 0) is 36.2 Å². The zero-order valence-corrected chi connectivity index (χ0v) is 22.4. The third-order valence-corrected chi connectivity index (χ3v) is 11.1. The minimum atomic E-state index is -7.05. The van der Waals surface area contributed by atoms with Gasteiger partial charge in [0.25, 0.3) is 29.8 Å². The number of rotatable bonds is 15. The highest BCUT2D eigenvalue weighted by atomic mass is 32.3. The summed E-state index contributed by atoms with van der Waals surface area (Å²) in [6.45, 7) is 2.07. The molecular formula is C21H30F6O7S3. The Hall–Kier alpha value is -1.39. The van der Waals surface area contributed by atoms with Gasteiger partial charge in [0.1, 0.15) is 0 Å². The van der Waals surface area contributed by atoms with E-state index in [2.05, 4.69) is 6.92 Å². The number of benzene rings is 1. The topological polar surface area (TPSA) is 123 Å². The minimum absolute atomic E-state index is 0.0137. The van der Waals surface area contributed by atoms with Crippen molar-refractivity contribution < 1.29 is 56.1 Å². The van der Waals surface area contributed by atoms with E-state index in [1.54, 1.807) is 0 Å². The summed E-state index contributed by atoms with van der Waals surface area (Å²) in [6, 6.07) is 1.57. The van der Waals surface area contributed by atoms with Crippen LogP contribution in [0.1, 0.15) is 86.8 Å². The molecule has 0 aliphatic rings. The lowest BCUT2D eigenvalue weighted by Crippen LogP contribution is -2.39. The molecule has 16 heteroatoms. The van der Waals surface area contributed by atoms with Gasteiger partial charge in [0, 0.05) is 0 Å². The first-order valence-corrected chi connectivity index (χ1v) is 16.0. The summed E-state index contributed by atoms with van der Waals surface area (Å²) in [4.78, 5) is -1.17. The fourth-order valence-electron chi connectivity index (χ4n) is 3.85. The van der Waals surface area contributed by atoms with Gasteiger partial charge in [0.2, 0.25) is 4.58 Å². The number of hydrogen-bond acceptors (Lipinski definition) is 6. The normalized spacial score (nSPS) is 13.9. The van der Waals surface area contributed by atoms with Crippen molar-refractivity contribution in [2.24, 2.45) is 0 Å². The highest BCUT2D eigenvalue weighted by molar-refractivity contribution is 8.09. The van der Waals surface area contributed by atoms with Crippen LogP contribution in [0.25, 0.3) is 0 Å². The zero-order chi connectivity index (χ0) is 28.7. The van der Waals surface area contributed by atoms with E-state index < -0.39 is 67.8 Å². The zero-order valence-electron chi connectivity index (χ0n) is 20.0. The summed E-state index contributed by atoms with van der Waals surface area (Å²) < 4.78 is 157. The molecule has 0 aliphatic heterocycles. The summed E-state index contributed by atoms with van der Waals surface area (Å²) in [7, 11) is -19.4. The standard InChI is InChI=1S/C21H30F6O7S3/c1-2-3-4-5-6-7-8-9-10-11-13-16-17(14-12-15-18(16)37(32,33)34)19(35(28,29)20(22,23)24)36(30,31)21(25,26)27/h12,14-15,19H,2-11,13H2,1H3,(H,32,33,34). The van der Waals surface area contributed by atoms with Gasteiger partial charge in [-0.05, 0) is 30.0 Å². The Morgan fingerprint density at radius 3 is 1.49 bits per heavy atom. The molecule has 1 N–H and O–H groups in total. The van der Waals surface area contributed by atoms with Crippen molar-refractivity contribution in [3.63, 3.8) is 0 Å². The molecule has 1 aromatic rings. The molecule has 0 aromatic heterocycles. The molecule has 7 nitrogen and oxygen atoms in total. The fourth-order valence-corrected chi connectivity index (χ4v) is 8.21. The molecule has 1 rings (SSSR count). The van der Waals surface area contributed by atoms with E-state index in [-0.39, 0.29) is 6.42 Å². The SMILES string of the molecule is CCCCCCCCCCCCc1c(C(S(=O)(=O)C(F)(F)F)S(=O)(=O)C(F)(F)F)cccc1S(=O)(=O)O. The molecule has 1 aromatic carbocycles. The van der Waals surface area contributed by atoms with Gasteiger partial charge in [0.15, 0.2) is 0 Å². The Morgan fingerprint density at radius 2 is 1.11 bits per heavy atom. The Bertz CT molecular complexity index is 1160. The second kappa shape index (κ2) is 13.1. The van der Waals surface area contributed by atoms with Crippen LogP contribution in [0, 0.1) is 0 Å². The monoisotopic (exact) mass is 604 g/mol. The summed E-state index contributed by atoms with van der Waals surface area (Å²) in [6.07, 6.45) is 7.28. The maximum atomic E-state index is 13.3. The predicted molar refractivity (Wildman–Crippen MR) is 124 cm³/mol. The van der Waals surface area contributed by atoms with Crippen LogP contribution in [-0.4, -0.2) is 40.8 Å². The predicted octanol–water partition coefficient (Wildman–Crippen LogP) is 6.26. The average molecular weight is 605 g/mol. The molecule has 0 unspecified atom stereocenters. The van der Waals surface area contributed by atoms with E-state index in [4.69, 9.17) is 0 Å². The smallest absolute Gasteiger partial charge is 0.282 e. The summed E-state index contributed by atoms with van der Waals surface area (Å²) in [5.74, 6) is 0. The van der Waals surface area contributed by atoms with Crippen LogP contribution >= 0.6 is 0 Å². The summed E-state index contributed by atoms with van der Waals surface area (Å²) in [5, 5.41) is 0. The molecule has 0 radical (unpaired) electrons. The lowest BCUT2D eigenvalue weighted by molar-refractivity contribution is -0.0472. The molecule has 0 fully saturated rings. The van der Waals surface area contributed by atoms with Gasteiger partial charge < -0.3 is 0 Å². The molecule has 216 valence electrons. The first kappa shape index (κ1) is 33.6. The van der Waals surface area contributed by atoms with Crippen molar-refractivity contribution in [2.45, 2.75) is 98.0 Å². The van der Waals surface area contributed by atoms with Crippen LogP contribution in [0.15, 0.2) is 23.1 Å². The van der Waals surface area contributed by atoms with E-state index in [1.165, 1.54) is 0 Å². The Morgan fingerprint density at radius 1 is 0.703 bits per heavy atom. The van der Waals surface area contributed by atoms with E-state index in [0.717, 1.165) is 44.9 Å². The molecule has 0 amide bonds. The van der Waals surface area contributed by atoms with E-state index in [1.807, 2.05) is 0 Å². The van der Waals surface area contributed by atoms with Crippen LogP contribution in [0.5, 0.6) is 0 Å². The van der Waals surface area contributed by atoms with Gasteiger partial charge >= 0.3 is 11.0 Å². The number of sulfone groups is 2. The number of halogens is 6. The molecular weight excluding hydrogens is 574 g/mol. The van der Waals surface area contributed by atoms with Crippen LogP contribution < -0.4 is 0 Å². The fraction of sp³-hybridized carbons (Fsp3) is 0.714. The summed E-state index contributed by atoms with van der Waals surface area (Å²) >= 11 is 0. The van der Waals surface area contributed by atoms with Crippen LogP contribution in [0.2, 0.25) is 0 Å². The van der Waals surface area contributed by atoms with Gasteiger partial charge in [0.05, 0.1) is 4.90 Å². The lowest BCUT2D eigenvalue weighted by atomic mass is 10.0. The van der Waals surface area contributed by atoms with Crippen molar-refractivity contribution in [2.75, 3.05) is 0 Å². The van der Waals surface area contributed by atoms with Gasteiger partial charge in [-0.25, -0.2) is 16.8 Å². The average Bonchev–Trinajstić information content (AvgIpc) is 2.73. The van der Waals surface area contributed by atoms with Gasteiger partial charge in [-0.2, -0.15) is 34.8 Å². The Balaban J connectivity index is 3.40. The second-order valence-electron chi connectivity index (χ2n) is 8.54. The first-order chi connectivity index (χ1) is 16.8. The largest absolute Gasteiger partial charge is 0.499 e. The summed E-state index contributed by atoms with van der Waals surface area (Å²) in [5.41, 5.74) is -15.3. The van der Waals surface area contributed by atoms with E-state index in [9.17, 15) is 56.1 Å². The second-order valence-corrected chi connectivity index (χ2v) is 14.3. The molecule has 0 spiro atoms. The van der Waals surface area contributed by atoms with Crippen molar-refractivity contribution >= 4 is 29.8 Å². The van der Waals surface area contributed by atoms with Crippen LogP contribution in [0.3, 0.4) is 0 Å². The molecule has 37 heavy (non-hydrogen) atoms. The van der Waals surface area contributed by atoms with Crippen LogP contribution in [0.4, 0.5) is 26.3 Å². The molecule has 0 aliphatic carbocycles. The maximum Gasteiger partial charge on any atom is 0.499 e. The van der Waals surface area contributed by atoms with Gasteiger partial charge in [-0.1, -0.05) is 76.8 Å². The van der Waals surface area contributed by atoms with Crippen molar-refractivity contribution in [1.82, 2.24) is 0 Å². The molecule has 0 bridgehead atoms. The number of alkyl halides is 6. The third kappa shape index (κ3) is 8.82. The van der Waals surface area contributed by atoms with Crippen molar-refractivity contribution in [3.8, 4) is 0 Å². The third-order valence-electron chi connectivity index (χ3n) is 5.69. The number of unbranched alkanes of at least 4 members (excludes halogenated alkanes) is 9. The number of hydrogen-bond donors (Lipinski definition) is 1. The van der Waals surface area contributed by atoms with Gasteiger partial charge in [-0.15, -0.1) is 0 Å². The quantitative estimate of drug-likeness (QED) is 0.142. The van der Waals surface area contributed by atoms with Crippen molar-refractivity contribution in [1.29, 1.82) is 0 Å². The Labute approximate surface area is 213 Å². The molecule has 0 saturated heterocycles. The van der Waals surface area contributed by atoms with Gasteiger partial charge in [-0.3, -0.25) is 4.55 Å². The van der Waals surface area contributed by atoms with E-state index in [0.29, 0.717) is 31.0 Å². The molecule has 0 heterocycles. The highest BCUT2D eigenvalue weighted by Crippen LogP contribution is 2.46. The highest BCUT2D eigenvalue weighted by Gasteiger charge is 2.64. The molecule has 0 saturated carbocycles. The van der Waals surface area contributed by atoms with Crippen molar-refractivity contribution in [3.05, 3.63) is 29.3 Å².